The van der Waals surface area contributed by atoms with E-state index in [2.05, 4.69) is 0 Å². The second-order valence-electron chi connectivity index (χ2n) is 7.96. The van der Waals surface area contributed by atoms with Crippen LogP contribution in [0.25, 0.3) is 0 Å². The molecule has 0 aliphatic carbocycles. The molecule has 3 aromatic carbocycles. The van der Waals surface area contributed by atoms with Crippen LogP contribution in [0.1, 0.15) is 34.0 Å². The summed E-state index contributed by atoms with van der Waals surface area (Å²) in [5.74, 6) is 0.206. The Bertz CT molecular complexity index is 1290. The minimum Gasteiger partial charge on any atom is -0.495 e. The molecule has 7 heteroatoms. The zero-order valence-corrected chi connectivity index (χ0v) is 20.7. The maximum atomic E-state index is 13.6. The van der Waals surface area contributed by atoms with Crippen molar-refractivity contribution < 1.29 is 17.9 Å². The molecule has 1 amide bonds. The quantitative estimate of drug-likeness (QED) is 0.485. The lowest BCUT2D eigenvalue weighted by molar-refractivity contribution is 0.0987. The summed E-state index contributed by atoms with van der Waals surface area (Å²) in [7, 11) is -0.957. The number of rotatable bonds is 7. The van der Waals surface area contributed by atoms with E-state index in [4.69, 9.17) is 4.74 Å². The van der Waals surface area contributed by atoms with Gasteiger partial charge >= 0.3 is 0 Å². The van der Waals surface area contributed by atoms with E-state index in [1.807, 2.05) is 45.9 Å². The van der Waals surface area contributed by atoms with Gasteiger partial charge in [0.1, 0.15) is 5.75 Å². The fraction of sp³-hybridized carbons (Fsp3) is 0.269. The number of methoxy groups -OCH3 is 1. The van der Waals surface area contributed by atoms with Crippen molar-refractivity contribution in [3.63, 3.8) is 0 Å². The summed E-state index contributed by atoms with van der Waals surface area (Å²) >= 11 is 0. The highest BCUT2D eigenvalue weighted by Crippen LogP contribution is 2.32. The first kappa shape index (κ1) is 24.3. The zero-order valence-electron chi connectivity index (χ0n) is 19.9. The van der Waals surface area contributed by atoms with E-state index in [1.54, 1.807) is 35.2 Å². The highest BCUT2D eigenvalue weighted by atomic mass is 32.2. The number of benzene rings is 3. The molecule has 0 atom stereocenters. The van der Waals surface area contributed by atoms with Crippen LogP contribution in [0.15, 0.2) is 65.6 Å². The number of carbonyl (C=O) groups excluding carboxylic acids is 1. The molecule has 0 radical (unpaired) electrons. The highest BCUT2D eigenvalue weighted by molar-refractivity contribution is 7.92. The lowest BCUT2D eigenvalue weighted by atomic mass is 10.1. The van der Waals surface area contributed by atoms with Crippen LogP contribution in [0.2, 0.25) is 0 Å². The van der Waals surface area contributed by atoms with Crippen molar-refractivity contribution >= 4 is 27.3 Å². The number of sulfonamides is 1. The fourth-order valence-corrected chi connectivity index (χ4v) is 5.08. The van der Waals surface area contributed by atoms with Gasteiger partial charge in [0.15, 0.2) is 0 Å². The van der Waals surface area contributed by atoms with E-state index in [9.17, 15) is 13.2 Å². The Hall–Kier alpha value is -3.32. The molecule has 0 unspecified atom stereocenters. The number of para-hydroxylation sites is 2. The van der Waals surface area contributed by atoms with Crippen molar-refractivity contribution in [1.82, 2.24) is 0 Å². The Kier molecular flexibility index (Phi) is 7.12. The van der Waals surface area contributed by atoms with E-state index >= 15 is 0 Å². The summed E-state index contributed by atoms with van der Waals surface area (Å²) < 4.78 is 33.4. The number of nitrogens with zero attached hydrogens (tertiary/aromatic N) is 2. The molecule has 0 aliphatic rings. The van der Waals surface area contributed by atoms with Gasteiger partial charge in [-0.25, -0.2) is 8.42 Å². The first-order valence-corrected chi connectivity index (χ1v) is 12.2. The second-order valence-corrected chi connectivity index (χ2v) is 9.93. The molecule has 0 heterocycles. The maximum Gasteiger partial charge on any atom is 0.264 e. The molecule has 0 fully saturated rings. The molecule has 3 rings (SSSR count). The highest BCUT2D eigenvalue weighted by Gasteiger charge is 2.27. The summed E-state index contributed by atoms with van der Waals surface area (Å²) in [6.07, 6.45) is 0. The van der Waals surface area contributed by atoms with Crippen molar-refractivity contribution in [2.45, 2.75) is 32.6 Å². The van der Waals surface area contributed by atoms with E-state index in [1.165, 1.54) is 30.6 Å². The third-order valence-electron chi connectivity index (χ3n) is 5.73. The van der Waals surface area contributed by atoms with Crippen LogP contribution in [0, 0.1) is 20.8 Å². The molecule has 0 bridgehead atoms. The number of amides is 1. The van der Waals surface area contributed by atoms with Crippen LogP contribution in [-0.2, 0) is 10.0 Å². The standard InChI is InChI=1S/C26H30N2O4S/c1-7-28(23-15-12-18(2)16-20(23)4)26(29)22-17-21(14-13-19(22)3)33(30,31)27(5)24-10-8-9-11-25(24)32-6/h8-17H,7H2,1-6H3. The average Bonchev–Trinajstić information content (AvgIpc) is 2.80. The summed E-state index contributed by atoms with van der Waals surface area (Å²) in [6.45, 7) is 8.14. The van der Waals surface area contributed by atoms with E-state index in [0.717, 1.165) is 16.8 Å². The smallest absolute Gasteiger partial charge is 0.264 e. The summed E-state index contributed by atoms with van der Waals surface area (Å²) in [6, 6.07) is 17.5. The van der Waals surface area contributed by atoms with Gasteiger partial charge in [0.05, 0.1) is 17.7 Å². The Balaban J connectivity index is 2.04. The fourth-order valence-electron chi connectivity index (χ4n) is 3.85. The van der Waals surface area contributed by atoms with Gasteiger partial charge in [-0.05, 0) is 69.2 Å². The number of carbonyl (C=O) groups is 1. The topological polar surface area (TPSA) is 66.9 Å². The van der Waals surface area contributed by atoms with E-state index in [-0.39, 0.29) is 10.8 Å². The number of hydrogen-bond donors (Lipinski definition) is 0. The van der Waals surface area contributed by atoms with Crippen LogP contribution in [0.4, 0.5) is 11.4 Å². The molecule has 0 N–H and O–H groups in total. The number of hydrogen-bond acceptors (Lipinski definition) is 4. The predicted octanol–water partition coefficient (Wildman–Crippen LogP) is 5.11. The molecular formula is C26H30N2O4S. The second kappa shape index (κ2) is 9.67. The van der Waals surface area contributed by atoms with Gasteiger partial charge in [-0.1, -0.05) is 35.9 Å². The van der Waals surface area contributed by atoms with Gasteiger partial charge in [-0.3, -0.25) is 9.10 Å². The Morgan fingerprint density at radius 2 is 1.61 bits per heavy atom. The van der Waals surface area contributed by atoms with Crippen molar-refractivity contribution in [1.29, 1.82) is 0 Å². The molecule has 0 aliphatic heterocycles. The predicted molar refractivity (Wildman–Crippen MR) is 133 cm³/mol. The molecule has 0 saturated heterocycles. The Morgan fingerprint density at radius 1 is 0.909 bits per heavy atom. The molecule has 6 nitrogen and oxygen atoms in total. The number of ether oxygens (including phenoxy) is 1. The minimum atomic E-state index is -3.93. The van der Waals surface area contributed by atoms with Crippen molar-refractivity contribution in [2.75, 3.05) is 29.9 Å². The van der Waals surface area contributed by atoms with Crippen LogP contribution in [-0.4, -0.2) is 35.0 Å². The largest absolute Gasteiger partial charge is 0.495 e. The van der Waals surface area contributed by atoms with Crippen LogP contribution < -0.4 is 13.9 Å². The van der Waals surface area contributed by atoms with Crippen LogP contribution in [0.5, 0.6) is 5.75 Å². The molecular weight excluding hydrogens is 436 g/mol. The SMILES string of the molecule is CCN(C(=O)c1cc(S(=O)(=O)N(C)c2ccccc2OC)ccc1C)c1ccc(C)cc1C. The Morgan fingerprint density at radius 3 is 2.24 bits per heavy atom. The van der Waals surface area contributed by atoms with Gasteiger partial charge < -0.3 is 9.64 Å². The molecule has 0 spiro atoms. The average molecular weight is 467 g/mol. The third-order valence-corrected chi connectivity index (χ3v) is 7.49. The Labute approximate surface area is 196 Å². The summed E-state index contributed by atoms with van der Waals surface area (Å²) in [5.41, 5.74) is 4.39. The van der Waals surface area contributed by atoms with Gasteiger partial charge in [0.25, 0.3) is 15.9 Å². The molecule has 0 saturated carbocycles. The molecule has 174 valence electrons. The molecule has 33 heavy (non-hydrogen) atoms. The van der Waals surface area contributed by atoms with Crippen molar-refractivity contribution in [2.24, 2.45) is 0 Å². The van der Waals surface area contributed by atoms with Gasteiger partial charge in [0.2, 0.25) is 0 Å². The van der Waals surface area contributed by atoms with E-state index in [0.29, 0.717) is 29.1 Å². The zero-order chi connectivity index (χ0) is 24.3. The lowest BCUT2D eigenvalue weighted by Gasteiger charge is -2.25. The lowest BCUT2D eigenvalue weighted by Crippen LogP contribution is -2.32. The van der Waals surface area contributed by atoms with Gasteiger partial charge in [0, 0.05) is 24.8 Å². The molecule has 3 aromatic rings. The summed E-state index contributed by atoms with van der Waals surface area (Å²) in [4.78, 5) is 15.3. The van der Waals surface area contributed by atoms with Gasteiger partial charge in [-0.2, -0.15) is 0 Å². The van der Waals surface area contributed by atoms with Crippen LogP contribution >= 0.6 is 0 Å². The number of anilines is 2. The maximum absolute atomic E-state index is 13.6. The van der Waals surface area contributed by atoms with Crippen molar-refractivity contribution in [3.8, 4) is 5.75 Å². The minimum absolute atomic E-state index is 0.0431. The summed E-state index contributed by atoms with van der Waals surface area (Å²) in [5, 5.41) is 0. The van der Waals surface area contributed by atoms with E-state index < -0.39 is 10.0 Å². The first-order chi connectivity index (χ1) is 15.6. The first-order valence-electron chi connectivity index (χ1n) is 10.7. The normalized spacial score (nSPS) is 11.2. The third kappa shape index (κ3) is 4.73. The van der Waals surface area contributed by atoms with Gasteiger partial charge in [-0.15, -0.1) is 0 Å². The number of aryl methyl sites for hydroxylation is 3. The monoisotopic (exact) mass is 466 g/mol. The van der Waals surface area contributed by atoms with Crippen molar-refractivity contribution in [3.05, 3.63) is 82.9 Å². The van der Waals surface area contributed by atoms with Crippen LogP contribution in [0.3, 0.4) is 0 Å². The molecule has 0 aromatic heterocycles.